The van der Waals surface area contributed by atoms with Gasteiger partial charge in [-0.05, 0) is 36.3 Å². The quantitative estimate of drug-likeness (QED) is 0.762. The van der Waals surface area contributed by atoms with Crippen molar-refractivity contribution in [3.63, 3.8) is 0 Å². The summed E-state index contributed by atoms with van der Waals surface area (Å²) in [6, 6.07) is 3.71. The van der Waals surface area contributed by atoms with E-state index in [1.165, 1.54) is 0 Å². The number of aromatic hydroxyl groups is 1. The Labute approximate surface area is 128 Å². The van der Waals surface area contributed by atoms with Gasteiger partial charge in [0.25, 0.3) is 0 Å². The van der Waals surface area contributed by atoms with Gasteiger partial charge in [-0.25, -0.2) is 0 Å². The molecule has 0 saturated carbocycles. The molecule has 0 spiro atoms. The van der Waals surface area contributed by atoms with Crippen molar-refractivity contribution in [2.24, 2.45) is 0 Å². The highest BCUT2D eigenvalue weighted by Crippen LogP contribution is 2.38. The number of unbranched alkanes of at least 4 members (excludes halogenated alkanes) is 1. The Kier molecular flexibility index (Phi) is 5.82. The number of phenolic OH excluding ortho intramolecular Hbond substituents is 1. The van der Waals surface area contributed by atoms with Gasteiger partial charge in [-0.1, -0.05) is 52.7 Å². The van der Waals surface area contributed by atoms with Crippen molar-refractivity contribution >= 4 is 5.97 Å². The lowest BCUT2D eigenvalue weighted by atomic mass is 9.78. The Hall–Kier alpha value is -1.51. The predicted octanol–water partition coefficient (Wildman–Crippen LogP) is 4.75. The average molecular weight is 292 g/mol. The van der Waals surface area contributed by atoms with E-state index in [2.05, 4.69) is 27.7 Å². The van der Waals surface area contributed by atoms with E-state index in [1.54, 1.807) is 0 Å². The molecule has 0 bridgehead atoms. The molecule has 1 atom stereocenters. The van der Waals surface area contributed by atoms with Crippen molar-refractivity contribution < 1.29 is 15.0 Å². The summed E-state index contributed by atoms with van der Waals surface area (Å²) in [5.41, 5.74) is 2.25. The van der Waals surface area contributed by atoms with Gasteiger partial charge in [-0.15, -0.1) is 0 Å². The van der Waals surface area contributed by atoms with E-state index in [1.807, 2.05) is 19.1 Å². The largest absolute Gasteiger partial charge is 0.507 e. The summed E-state index contributed by atoms with van der Waals surface area (Å²) in [4.78, 5) is 11.6. The SMILES string of the molecule is CCCCC(C(=O)O)c1cc(C)c(O)c(C(C)(C)CC)c1. The molecule has 1 rings (SSSR count). The maximum atomic E-state index is 11.6. The molecule has 118 valence electrons. The van der Waals surface area contributed by atoms with Gasteiger partial charge < -0.3 is 10.2 Å². The van der Waals surface area contributed by atoms with Gasteiger partial charge in [0.15, 0.2) is 0 Å². The number of phenols is 1. The number of benzene rings is 1. The lowest BCUT2D eigenvalue weighted by molar-refractivity contribution is -0.139. The number of rotatable bonds is 7. The zero-order valence-electron chi connectivity index (χ0n) is 13.9. The number of hydrogen-bond acceptors (Lipinski definition) is 2. The second kappa shape index (κ2) is 6.97. The molecule has 0 aliphatic heterocycles. The predicted molar refractivity (Wildman–Crippen MR) is 86.1 cm³/mol. The Balaban J connectivity index is 3.33. The normalized spacial score (nSPS) is 13.2. The summed E-state index contributed by atoms with van der Waals surface area (Å²) in [7, 11) is 0. The van der Waals surface area contributed by atoms with Crippen molar-refractivity contribution in [2.45, 2.75) is 71.6 Å². The maximum absolute atomic E-state index is 11.6. The summed E-state index contributed by atoms with van der Waals surface area (Å²) in [5, 5.41) is 19.8. The highest BCUT2D eigenvalue weighted by atomic mass is 16.4. The number of carboxylic acids is 1. The molecule has 0 amide bonds. The van der Waals surface area contributed by atoms with Crippen LogP contribution in [0.5, 0.6) is 5.75 Å². The summed E-state index contributed by atoms with van der Waals surface area (Å²) in [6.45, 7) is 10.1. The van der Waals surface area contributed by atoms with Crippen LogP contribution >= 0.6 is 0 Å². The van der Waals surface area contributed by atoms with Gasteiger partial charge in [0, 0.05) is 5.56 Å². The summed E-state index contributed by atoms with van der Waals surface area (Å²) >= 11 is 0. The standard InChI is InChI=1S/C18H28O3/c1-6-8-9-14(17(20)21)13-10-12(3)16(19)15(11-13)18(4,5)7-2/h10-11,14,19H,6-9H2,1-5H3,(H,20,21). The van der Waals surface area contributed by atoms with Gasteiger partial charge in [0.1, 0.15) is 5.75 Å². The molecular weight excluding hydrogens is 264 g/mol. The third-order valence-electron chi connectivity index (χ3n) is 4.48. The molecule has 0 fully saturated rings. The van der Waals surface area contributed by atoms with E-state index in [-0.39, 0.29) is 5.41 Å². The number of carboxylic acid groups (broad SMARTS) is 1. The molecule has 0 saturated heterocycles. The van der Waals surface area contributed by atoms with Crippen LogP contribution in [0.4, 0.5) is 0 Å². The first-order valence-corrected chi connectivity index (χ1v) is 7.81. The fourth-order valence-electron chi connectivity index (χ4n) is 2.56. The Morgan fingerprint density at radius 1 is 1.29 bits per heavy atom. The van der Waals surface area contributed by atoms with Crippen molar-refractivity contribution in [3.05, 3.63) is 28.8 Å². The highest BCUT2D eigenvalue weighted by molar-refractivity contribution is 5.76. The summed E-state index contributed by atoms with van der Waals surface area (Å²) in [6.07, 6.45) is 3.40. The highest BCUT2D eigenvalue weighted by Gasteiger charge is 2.27. The molecule has 2 N–H and O–H groups in total. The van der Waals surface area contributed by atoms with Gasteiger partial charge in [-0.2, -0.15) is 0 Å². The summed E-state index contributed by atoms with van der Waals surface area (Å²) in [5.74, 6) is -0.977. The van der Waals surface area contributed by atoms with Crippen molar-refractivity contribution in [1.82, 2.24) is 0 Å². The third-order valence-corrected chi connectivity index (χ3v) is 4.48. The lowest BCUT2D eigenvalue weighted by Crippen LogP contribution is -2.18. The van der Waals surface area contributed by atoms with Gasteiger partial charge in [0.2, 0.25) is 0 Å². The van der Waals surface area contributed by atoms with E-state index in [0.29, 0.717) is 12.2 Å². The zero-order chi connectivity index (χ0) is 16.2. The zero-order valence-corrected chi connectivity index (χ0v) is 13.9. The number of aliphatic carboxylic acids is 1. The first-order valence-electron chi connectivity index (χ1n) is 7.81. The van der Waals surface area contributed by atoms with Crippen LogP contribution in [-0.2, 0) is 10.2 Å². The van der Waals surface area contributed by atoms with Crippen LogP contribution in [0, 0.1) is 6.92 Å². The topological polar surface area (TPSA) is 57.5 Å². The summed E-state index contributed by atoms with van der Waals surface area (Å²) < 4.78 is 0. The van der Waals surface area contributed by atoms with Crippen LogP contribution in [0.3, 0.4) is 0 Å². The lowest BCUT2D eigenvalue weighted by Gasteiger charge is -2.27. The van der Waals surface area contributed by atoms with Crippen LogP contribution in [0.1, 0.15) is 76.0 Å². The average Bonchev–Trinajstić information content (AvgIpc) is 2.42. The number of hydrogen-bond donors (Lipinski definition) is 2. The fraction of sp³-hybridized carbons (Fsp3) is 0.611. The molecule has 0 aliphatic carbocycles. The van der Waals surface area contributed by atoms with Crippen LogP contribution in [0.2, 0.25) is 0 Å². The van der Waals surface area contributed by atoms with Crippen LogP contribution < -0.4 is 0 Å². The molecule has 0 radical (unpaired) electrons. The molecule has 0 aromatic heterocycles. The van der Waals surface area contributed by atoms with Crippen molar-refractivity contribution in [2.75, 3.05) is 0 Å². The Bertz CT molecular complexity index is 503. The second-order valence-corrected chi connectivity index (χ2v) is 6.50. The molecule has 3 heteroatoms. The monoisotopic (exact) mass is 292 g/mol. The minimum absolute atomic E-state index is 0.168. The minimum Gasteiger partial charge on any atom is -0.507 e. The second-order valence-electron chi connectivity index (χ2n) is 6.50. The first kappa shape index (κ1) is 17.5. The van der Waals surface area contributed by atoms with Crippen LogP contribution in [0.25, 0.3) is 0 Å². The third kappa shape index (κ3) is 3.99. The molecule has 1 aromatic rings. The maximum Gasteiger partial charge on any atom is 0.310 e. The van der Waals surface area contributed by atoms with Crippen molar-refractivity contribution in [3.8, 4) is 5.75 Å². The number of aryl methyl sites for hydroxylation is 1. The van der Waals surface area contributed by atoms with E-state index < -0.39 is 11.9 Å². The molecule has 0 heterocycles. The van der Waals surface area contributed by atoms with Crippen LogP contribution in [0.15, 0.2) is 12.1 Å². The Morgan fingerprint density at radius 2 is 1.90 bits per heavy atom. The van der Waals surface area contributed by atoms with E-state index in [0.717, 1.165) is 36.0 Å². The molecule has 21 heavy (non-hydrogen) atoms. The molecule has 1 aromatic carbocycles. The molecular formula is C18H28O3. The molecule has 3 nitrogen and oxygen atoms in total. The minimum atomic E-state index is -0.784. The molecule has 0 aliphatic rings. The van der Waals surface area contributed by atoms with Gasteiger partial charge in [-0.3, -0.25) is 4.79 Å². The fourth-order valence-corrected chi connectivity index (χ4v) is 2.56. The number of carbonyl (C=O) groups is 1. The van der Waals surface area contributed by atoms with Crippen LogP contribution in [-0.4, -0.2) is 16.2 Å². The smallest absolute Gasteiger partial charge is 0.310 e. The van der Waals surface area contributed by atoms with Gasteiger partial charge in [0.05, 0.1) is 5.92 Å². The molecule has 1 unspecified atom stereocenters. The van der Waals surface area contributed by atoms with E-state index >= 15 is 0 Å². The van der Waals surface area contributed by atoms with E-state index in [9.17, 15) is 15.0 Å². The first-order chi connectivity index (χ1) is 9.74. The Morgan fingerprint density at radius 3 is 2.38 bits per heavy atom. The van der Waals surface area contributed by atoms with Crippen molar-refractivity contribution in [1.29, 1.82) is 0 Å². The van der Waals surface area contributed by atoms with Gasteiger partial charge >= 0.3 is 5.97 Å². The van der Waals surface area contributed by atoms with E-state index in [4.69, 9.17) is 0 Å².